The van der Waals surface area contributed by atoms with Crippen molar-refractivity contribution in [3.8, 4) is 0 Å². The van der Waals surface area contributed by atoms with E-state index in [1.165, 1.54) is 0 Å². The van der Waals surface area contributed by atoms with Gasteiger partial charge in [-0.2, -0.15) is 5.10 Å². The molecule has 0 bridgehead atoms. The lowest BCUT2D eigenvalue weighted by Crippen LogP contribution is -2.63. The highest BCUT2D eigenvalue weighted by atomic mass is 35.5. The average Bonchev–Trinajstić information content (AvgIpc) is 3.20. The minimum atomic E-state index is -1.08. The van der Waals surface area contributed by atoms with E-state index in [4.69, 9.17) is 11.6 Å². The molecule has 4 N–H and O–H groups in total. The van der Waals surface area contributed by atoms with Gasteiger partial charge in [0.15, 0.2) is 5.65 Å². The number of benzene rings is 1. The van der Waals surface area contributed by atoms with E-state index in [-0.39, 0.29) is 36.1 Å². The lowest BCUT2D eigenvalue weighted by molar-refractivity contribution is -0.128. The molecule has 2 aromatic heterocycles. The van der Waals surface area contributed by atoms with Crippen molar-refractivity contribution in [1.82, 2.24) is 36.0 Å². The number of nitrogens with one attached hydrogen (secondary N) is 4. The van der Waals surface area contributed by atoms with Crippen molar-refractivity contribution in [2.24, 2.45) is 7.05 Å². The molecular weight excluding hydrogens is 538 g/mol. The van der Waals surface area contributed by atoms with E-state index in [2.05, 4.69) is 45.2 Å². The summed E-state index contributed by atoms with van der Waals surface area (Å²) in [5.74, 6) is -0.874. The number of aromatic nitrogens is 3. The quantitative estimate of drug-likeness (QED) is 0.229. The van der Waals surface area contributed by atoms with E-state index in [0.717, 1.165) is 16.0 Å². The first-order valence-corrected chi connectivity index (χ1v) is 14.2. The topological polar surface area (TPSA) is 130 Å². The zero-order valence-corrected chi connectivity index (χ0v) is 24.1. The van der Waals surface area contributed by atoms with Crippen LogP contribution in [-0.4, -0.2) is 69.5 Å². The van der Waals surface area contributed by atoms with Gasteiger partial charge in [-0.25, -0.2) is 4.98 Å². The number of fused-ring (bicyclic) bond motifs is 1. The highest BCUT2D eigenvalue weighted by molar-refractivity contribution is 8.00. The van der Waals surface area contributed by atoms with Crippen molar-refractivity contribution < 1.29 is 14.4 Å². The zero-order valence-electron chi connectivity index (χ0n) is 22.6. The van der Waals surface area contributed by atoms with Gasteiger partial charge in [0.1, 0.15) is 5.54 Å². The van der Waals surface area contributed by atoms with Gasteiger partial charge in [-0.3, -0.25) is 19.1 Å². The van der Waals surface area contributed by atoms with Gasteiger partial charge in [-0.15, -0.1) is 11.8 Å². The first-order chi connectivity index (χ1) is 18.6. The van der Waals surface area contributed by atoms with Gasteiger partial charge in [-0.05, 0) is 57.1 Å². The maximum Gasteiger partial charge on any atom is 0.254 e. The Morgan fingerprint density at radius 3 is 2.44 bits per heavy atom. The minimum Gasteiger partial charge on any atom is -0.352 e. The third-order valence-electron chi connectivity index (χ3n) is 6.62. The summed E-state index contributed by atoms with van der Waals surface area (Å²) in [5.41, 5.74) is 1.34. The summed E-state index contributed by atoms with van der Waals surface area (Å²) in [4.78, 5) is 44.9. The predicted octanol–water partition coefficient (Wildman–Crippen LogP) is 2.83. The third kappa shape index (κ3) is 6.54. The molecular formula is C27H34ClN7O3S. The number of hydrogen-bond acceptors (Lipinski definition) is 7. The molecule has 0 aliphatic carbocycles. The monoisotopic (exact) mass is 571 g/mol. The van der Waals surface area contributed by atoms with Crippen molar-refractivity contribution in [3.05, 3.63) is 52.3 Å². The molecule has 4 rings (SSSR count). The number of rotatable bonds is 9. The van der Waals surface area contributed by atoms with Crippen LogP contribution >= 0.6 is 23.4 Å². The summed E-state index contributed by atoms with van der Waals surface area (Å²) in [6, 6.07) is 6.58. The Labute approximate surface area is 237 Å². The first kappa shape index (κ1) is 28.8. The van der Waals surface area contributed by atoms with E-state index >= 15 is 0 Å². The highest BCUT2D eigenvalue weighted by Crippen LogP contribution is 2.35. The highest BCUT2D eigenvalue weighted by Gasteiger charge is 2.41. The largest absolute Gasteiger partial charge is 0.352 e. The number of halogens is 1. The molecule has 1 saturated heterocycles. The van der Waals surface area contributed by atoms with Crippen LogP contribution in [0.1, 0.15) is 53.1 Å². The molecule has 1 aliphatic rings. The standard InChI is InChI=1S/C27H34ClN7O3S/c1-16(2)39-22-20(15-32-23-21(22)17(3)34-35(23)4)25(37)33-27(9-11-29-12-10-27)26(38)31-14-13-30-24(36)18-5-7-19(28)8-6-18/h5-8,15-16,29H,9-14H2,1-4H3,(H,30,36)(H,31,38)(H,33,37). The maximum atomic E-state index is 13.7. The van der Waals surface area contributed by atoms with E-state index < -0.39 is 5.54 Å². The average molecular weight is 572 g/mol. The zero-order chi connectivity index (χ0) is 28.2. The van der Waals surface area contributed by atoms with Crippen LogP contribution in [0.2, 0.25) is 5.02 Å². The third-order valence-corrected chi connectivity index (χ3v) is 8.01. The number of carbonyl (C=O) groups is 3. The van der Waals surface area contributed by atoms with Crippen molar-refractivity contribution in [1.29, 1.82) is 0 Å². The molecule has 3 heterocycles. The van der Waals surface area contributed by atoms with Crippen molar-refractivity contribution in [2.45, 2.75) is 49.3 Å². The van der Waals surface area contributed by atoms with Crippen LogP contribution in [0.3, 0.4) is 0 Å². The number of carbonyl (C=O) groups excluding carboxylic acids is 3. The second-order valence-electron chi connectivity index (χ2n) is 9.88. The normalized spacial score (nSPS) is 14.8. The van der Waals surface area contributed by atoms with Gasteiger partial charge in [0.25, 0.3) is 11.8 Å². The summed E-state index contributed by atoms with van der Waals surface area (Å²) in [5, 5.41) is 18.1. The number of thioether (sulfide) groups is 1. The lowest BCUT2D eigenvalue weighted by atomic mass is 9.86. The number of aryl methyl sites for hydroxylation is 2. The molecule has 3 aromatic rings. The van der Waals surface area contributed by atoms with Crippen LogP contribution in [-0.2, 0) is 11.8 Å². The molecule has 0 unspecified atom stereocenters. The lowest BCUT2D eigenvalue weighted by Gasteiger charge is -2.37. The van der Waals surface area contributed by atoms with E-state index in [1.807, 2.05) is 14.0 Å². The van der Waals surface area contributed by atoms with Crippen molar-refractivity contribution >= 4 is 52.1 Å². The van der Waals surface area contributed by atoms with Crippen molar-refractivity contribution in [2.75, 3.05) is 26.2 Å². The van der Waals surface area contributed by atoms with Crippen LogP contribution in [0.25, 0.3) is 11.0 Å². The van der Waals surface area contributed by atoms with Gasteiger partial charge in [-0.1, -0.05) is 25.4 Å². The first-order valence-electron chi connectivity index (χ1n) is 13.0. The fraction of sp³-hybridized carbons (Fsp3) is 0.444. The molecule has 1 aliphatic heterocycles. The molecule has 0 radical (unpaired) electrons. The van der Waals surface area contributed by atoms with Crippen LogP contribution in [0.15, 0.2) is 35.4 Å². The number of piperidine rings is 1. The Bertz CT molecular complexity index is 1370. The summed E-state index contributed by atoms with van der Waals surface area (Å²) < 4.78 is 1.71. The van der Waals surface area contributed by atoms with E-state index in [0.29, 0.717) is 47.7 Å². The fourth-order valence-corrected chi connectivity index (χ4v) is 5.90. The van der Waals surface area contributed by atoms with Crippen LogP contribution in [0.4, 0.5) is 0 Å². The van der Waals surface area contributed by atoms with Gasteiger partial charge in [0.05, 0.1) is 16.6 Å². The summed E-state index contributed by atoms with van der Waals surface area (Å²) in [7, 11) is 1.83. The van der Waals surface area contributed by atoms with Crippen LogP contribution in [0.5, 0.6) is 0 Å². The summed E-state index contributed by atoms with van der Waals surface area (Å²) >= 11 is 7.47. The van der Waals surface area contributed by atoms with Crippen LogP contribution < -0.4 is 21.3 Å². The molecule has 1 aromatic carbocycles. The molecule has 10 nitrogen and oxygen atoms in total. The molecule has 1 fully saturated rings. The number of amides is 3. The minimum absolute atomic E-state index is 0.222. The molecule has 0 spiro atoms. The number of pyridine rings is 1. The molecule has 0 saturated carbocycles. The molecule has 12 heteroatoms. The predicted molar refractivity (Wildman–Crippen MR) is 153 cm³/mol. The Morgan fingerprint density at radius 1 is 1.10 bits per heavy atom. The molecule has 3 amide bonds. The molecule has 208 valence electrons. The van der Waals surface area contributed by atoms with E-state index in [1.54, 1.807) is 46.9 Å². The molecule has 39 heavy (non-hydrogen) atoms. The van der Waals surface area contributed by atoms with Gasteiger partial charge >= 0.3 is 0 Å². The molecule has 0 atom stereocenters. The Hall–Kier alpha value is -3.15. The van der Waals surface area contributed by atoms with Gasteiger partial charge in [0, 0.05) is 47.1 Å². The fourth-order valence-electron chi connectivity index (χ4n) is 4.67. The van der Waals surface area contributed by atoms with Crippen LogP contribution in [0, 0.1) is 6.92 Å². The van der Waals surface area contributed by atoms with E-state index in [9.17, 15) is 14.4 Å². The number of nitrogens with zero attached hydrogens (tertiary/aromatic N) is 3. The second-order valence-corrected chi connectivity index (χ2v) is 11.9. The number of hydrogen-bond donors (Lipinski definition) is 4. The Balaban J connectivity index is 1.48. The SMILES string of the molecule is Cc1nn(C)c2ncc(C(=O)NC3(C(=O)NCCNC(=O)c4ccc(Cl)cc4)CCNCC3)c(SC(C)C)c12. The van der Waals surface area contributed by atoms with Crippen molar-refractivity contribution in [3.63, 3.8) is 0 Å². The second kappa shape index (κ2) is 12.4. The Kier molecular flexibility index (Phi) is 9.14. The maximum absolute atomic E-state index is 13.7. The smallest absolute Gasteiger partial charge is 0.254 e. The van der Waals surface area contributed by atoms with Gasteiger partial charge in [0.2, 0.25) is 5.91 Å². The Morgan fingerprint density at radius 2 is 1.77 bits per heavy atom. The summed E-state index contributed by atoms with van der Waals surface area (Å²) in [6.07, 6.45) is 2.45. The summed E-state index contributed by atoms with van der Waals surface area (Å²) in [6.45, 7) is 7.69. The van der Waals surface area contributed by atoms with Gasteiger partial charge < -0.3 is 21.3 Å².